The number of nitro groups is 1. The molecule has 1 heterocycles. The number of carbonyl (C=O) groups is 2. The van der Waals surface area contributed by atoms with Crippen LogP contribution in [-0.4, -0.2) is 54.9 Å². The van der Waals surface area contributed by atoms with Crippen LogP contribution >= 0.6 is 0 Å². The average molecular weight is 488 g/mol. The number of benzene rings is 3. The third-order valence-electron chi connectivity index (χ3n) is 6.35. The van der Waals surface area contributed by atoms with Crippen molar-refractivity contribution in [2.24, 2.45) is 0 Å². The van der Waals surface area contributed by atoms with Gasteiger partial charge >= 0.3 is 0 Å². The number of nitro benzene ring substituents is 1. The van der Waals surface area contributed by atoms with E-state index in [9.17, 15) is 19.7 Å². The molecule has 1 fully saturated rings. The van der Waals surface area contributed by atoms with E-state index < -0.39 is 10.8 Å². The predicted octanol–water partition coefficient (Wildman–Crippen LogP) is 4.09. The highest BCUT2D eigenvalue weighted by atomic mass is 16.6. The molecule has 2 N–H and O–H groups in total. The molecule has 0 spiro atoms. The summed E-state index contributed by atoms with van der Waals surface area (Å²) in [5.41, 5.74) is 2.12. The maximum Gasteiger partial charge on any atom is 0.293 e. The second kappa shape index (κ2) is 11.0. The number of piperazine rings is 1. The fourth-order valence-electron chi connectivity index (χ4n) is 4.21. The molecule has 4 rings (SSSR count). The van der Waals surface area contributed by atoms with Crippen LogP contribution < -0.4 is 15.5 Å². The van der Waals surface area contributed by atoms with Gasteiger partial charge in [0.2, 0.25) is 0 Å². The van der Waals surface area contributed by atoms with E-state index in [2.05, 4.69) is 15.5 Å². The van der Waals surface area contributed by atoms with Crippen molar-refractivity contribution in [3.05, 3.63) is 99.6 Å². The van der Waals surface area contributed by atoms with Crippen LogP contribution in [0.4, 0.5) is 17.1 Å². The molecule has 0 bridgehead atoms. The van der Waals surface area contributed by atoms with Crippen LogP contribution in [0.5, 0.6) is 0 Å². The first-order chi connectivity index (χ1) is 17.3. The Morgan fingerprint density at radius 2 is 1.58 bits per heavy atom. The molecule has 3 aromatic rings. The Morgan fingerprint density at radius 1 is 0.917 bits per heavy atom. The van der Waals surface area contributed by atoms with Gasteiger partial charge in [-0.1, -0.05) is 42.5 Å². The van der Waals surface area contributed by atoms with E-state index in [1.807, 2.05) is 49.2 Å². The van der Waals surface area contributed by atoms with Gasteiger partial charge in [-0.15, -0.1) is 0 Å². The van der Waals surface area contributed by atoms with Crippen LogP contribution in [0.1, 0.15) is 39.2 Å². The lowest BCUT2D eigenvalue weighted by Gasteiger charge is -2.33. The Labute approximate surface area is 209 Å². The third kappa shape index (κ3) is 5.69. The van der Waals surface area contributed by atoms with Crippen LogP contribution in [0.25, 0.3) is 0 Å². The number of likely N-dealkylation sites (N-methyl/N-ethyl adjacent to an activating group) is 1. The summed E-state index contributed by atoms with van der Waals surface area (Å²) in [7, 11) is 2.01. The van der Waals surface area contributed by atoms with Gasteiger partial charge in [0, 0.05) is 37.8 Å². The van der Waals surface area contributed by atoms with Gasteiger partial charge in [0.15, 0.2) is 0 Å². The molecule has 0 radical (unpaired) electrons. The van der Waals surface area contributed by atoms with Gasteiger partial charge in [0.25, 0.3) is 17.5 Å². The molecule has 0 saturated carbocycles. The van der Waals surface area contributed by atoms with Gasteiger partial charge in [0.1, 0.15) is 5.69 Å². The number of nitrogens with zero attached hydrogens (tertiary/aromatic N) is 3. The zero-order valence-electron chi connectivity index (χ0n) is 20.3. The number of anilines is 2. The Bertz CT molecular complexity index is 1260. The molecule has 2 amide bonds. The molecule has 1 saturated heterocycles. The van der Waals surface area contributed by atoms with Crippen LogP contribution in [-0.2, 0) is 0 Å². The van der Waals surface area contributed by atoms with Crippen molar-refractivity contribution in [3.63, 3.8) is 0 Å². The van der Waals surface area contributed by atoms with Crippen LogP contribution in [0.3, 0.4) is 0 Å². The van der Waals surface area contributed by atoms with E-state index >= 15 is 0 Å². The van der Waals surface area contributed by atoms with E-state index in [1.54, 1.807) is 36.4 Å². The zero-order valence-corrected chi connectivity index (χ0v) is 20.3. The monoisotopic (exact) mass is 487 g/mol. The standard InChI is InChI=1S/C27H29N5O4/c1-19(20-8-4-3-5-9-20)28-27(34)22-10-6-7-11-23(22)29-26(33)21-12-13-24(25(18-21)32(35)36)31-16-14-30(2)15-17-31/h3-13,18-19H,14-17H2,1-2H3,(H,28,34)(H,29,33). The smallest absolute Gasteiger partial charge is 0.293 e. The Balaban J connectivity index is 1.52. The van der Waals surface area contributed by atoms with Crippen molar-refractivity contribution in [2.75, 3.05) is 43.4 Å². The number of hydrogen-bond acceptors (Lipinski definition) is 6. The zero-order chi connectivity index (χ0) is 25.7. The number of hydrogen-bond donors (Lipinski definition) is 2. The molecule has 1 atom stereocenters. The molecule has 186 valence electrons. The van der Waals surface area contributed by atoms with Crippen molar-refractivity contribution in [1.29, 1.82) is 0 Å². The summed E-state index contributed by atoms with van der Waals surface area (Å²) in [4.78, 5) is 41.5. The van der Waals surface area contributed by atoms with Crippen molar-refractivity contribution in [2.45, 2.75) is 13.0 Å². The second-order valence-electron chi connectivity index (χ2n) is 8.86. The molecule has 36 heavy (non-hydrogen) atoms. The lowest BCUT2D eigenvalue weighted by molar-refractivity contribution is -0.384. The van der Waals surface area contributed by atoms with Crippen molar-refractivity contribution in [3.8, 4) is 0 Å². The summed E-state index contributed by atoms with van der Waals surface area (Å²) in [6.07, 6.45) is 0. The Kier molecular flexibility index (Phi) is 7.60. The minimum atomic E-state index is -0.528. The Hall–Kier alpha value is -4.24. The minimum absolute atomic E-state index is 0.116. The molecule has 3 aromatic carbocycles. The van der Waals surface area contributed by atoms with Gasteiger partial charge < -0.3 is 20.4 Å². The molecule has 1 aliphatic heterocycles. The maximum atomic E-state index is 13.1. The molecule has 1 aliphatic rings. The summed E-state index contributed by atoms with van der Waals surface area (Å²) >= 11 is 0. The van der Waals surface area contributed by atoms with Gasteiger partial charge in [-0.05, 0) is 43.8 Å². The van der Waals surface area contributed by atoms with Crippen LogP contribution in [0, 0.1) is 10.1 Å². The third-order valence-corrected chi connectivity index (χ3v) is 6.35. The molecule has 0 aromatic heterocycles. The van der Waals surface area contributed by atoms with E-state index in [0.717, 1.165) is 18.7 Å². The first-order valence-corrected chi connectivity index (χ1v) is 11.8. The number of nitrogens with one attached hydrogen (secondary N) is 2. The van der Waals surface area contributed by atoms with Gasteiger partial charge in [-0.3, -0.25) is 19.7 Å². The summed E-state index contributed by atoms with van der Waals surface area (Å²) in [6.45, 7) is 4.84. The van der Waals surface area contributed by atoms with E-state index in [4.69, 9.17) is 0 Å². The SMILES string of the molecule is CC(NC(=O)c1ccccc1NC(=O)c1ccc(N2CCN(C)CC2)c([N+](=O)[O-])c1)c1ccccc1. The number of rotatable bonds is 7. The van der Waals surface area contributed by atoms with E-state index in [-0.39, 0.29) is 23.2 Å². The average Bonchev–Trinajstić information content (AvgIpc) is 2.89. The first kappa shape index (κ1) is 24.9. The summed E-state index contributed by atoms with van der Waals surface area (Å²) in [5, 5.41) is 17.5. The summed E-state index contributed by atoms with van der Waals surface area (Å²) in [5.74, 6) is -0.863. The summed E-state index contributed by atoms with van der Waals surface area (Å²) in [6, 6.07) is 20.5. The van der Waals surface area contributed by atoms with Gasteiger partial charge in [0.05, 0.1) is 22.2 Å². The molecule has 1 unspecified atom stereocenters. The van der Waals surface area contributed by atoms with E-state index in [1.165, 1.54) is 6.07 Å². The number of amides is 2. The quantitative estimate of drug-likeness (QED) is 0.384. The Morgan fingerprint density at radius 3 is 2.28 bits per heavy atom. The highest BCUT2D eigenvalue weighted by Gasteiger charge is 2.25. The molecule has 0 aliphatic carbocycles. The fraction of sp³-hybridized carbons (Fsp3) is 0.259. The molecular formula is C27H29N5O4. The van der Waals surface area contributed by atoms with Crippen molar-refractivity contribution >= 4 is 28.9 Å². The lowest BCUT2D eigenvalue weighted by atomic mass is 10.1. The largest absolute Gasteiger partial charge is 0.363 e. The fourth-order valence-corrected chi connectivity index (χ4v) is 4.21. The maximum absolute atomic E-state index is 13.1. The van der Waals surface area contributed by atoms with Crippen LogP contribution in [0.15, 0.2) is 72.8 Å². The first-order valence-electron chi connectivity index (χ1n) is 11.8. The van der Waals surface area contributed by atoms with Gasteiger partial charge in [-0.25, -0.2) is 0 Å². The number of carbonyl (C=O) groups excluding carboxylic acids is 2. The molecule has 9 heteroatoms. The van der Waals surface area contributed by atoms with Crippen molar-refractivity contribution < 1.29 is 14.5 Å². The lowest BCUT2D eigenvalue weighted by Crippen LogP contribution is -2.44. The topological polar surface area (TPSA) is 108 Å². The normalized spacial score (nSPS) is 14.7. The second-order valence-corrected chi connectivity index (χ2v) is 8.86. The summed E-state index contributed by atoms with van der Waals surface area (Å²) < 4.78 is 0. The molecular weight excluding hydrogens is 458 g/mol. The highest BCUT2D eigenvalue weighted by Crippen LogP contribution is 2.30. The highest BCUT2D eigenvalue weighted by molar-refractivity contribution is 6.09. The van der Waals surface area contributed by atoms with Crippen molar-refractivity contribution in [1.82, 2.24) is 10.2 Å². The number of para-hydroxylation sites is 1. The van der Waals surface area contributed by atoms with E-state index in [0.29, 0.717) is 30.0 Å². The van der Waals surface area contributed by atoms with Crippen LogP contribution in [0.2, 0.25) is 0 Å². The minimum Gasteiger partial charge on any atom is -0.363 e. The molecule has 9 nitrogen and oxygen atoms in total. The van der Waals surface area contributed by atoms with Gasteiger partial charge in [-0.2, -0.15) is 0 Å². The predicted molar refractivity (Wildman–Crippen MR) is 140 cm³/mol.